The van der Waals surface area contributed by atoms with Gasteiger partial charge in [0.25, 0.3) is 8.32 Å². The molecule has 7 aromatic rings. The molecular formula is C64H86FN9O5S2Si2. The third-order valence-electron chi connectivity index (χ3n) is 14.4. The number of benzene rings is 4. The zero-order chi connectivity index (χ0) is 59.6. The second-order valence-electron chi connectivity index (χ2n) is 23.3. The van der Waals surface area contributed by atoms with Crippen LogP contribution in [0.25, 0.3) is 10.2 Å². The third-order valence-corrected chi connectivity index (χ3v) is 23.4. The molecule has 0 fully saturated rings. The summed E-state index contributed by atoms with van der Waals surface area (Å²) in [7, 11) is 0.966. The number of ether oxygens (including phenoxy) is 3. The van der Waals surface area contributed by atoms with Crippen LogP contribution in [-0.4, -0.2) is 138 Å². The molecule has 0 saturated carbocycles. The molecule has 0 aliphatic rings. The van der Waals surface area contributed by atoms with Gasteiger partial charge in [-0.25, -0.2) is 14.2 Å². The summed E-state index contributed by atoms with van der Waals surface area (Å²) in [5.41, 5.74) is 2.65. The fourth-order valence-electron chi connectivity index (χ4n) is 9.82. The summed E-state index contributed by atoms with van der Waals surface area (Å²) in [5, 5.41) is 16.3. The van der Waals surface area contributed by atoms with Crippen molar-refractivity contribution in [3.63, 3.8) is 0 Å². The highest BCUT2D eigenvalue weighted by Gasteiger charge is 2.51. The molecule has 0 spiro atoms. The number of halogens is 1. The van der Waals surface area contributed by atoms with Gasteiger partial charge >= 0.3 is 5.97 Å². The Labute approximate surface area is 502 Å². The number of anilines is 2. The number of hydrogen-bond donors (Lipinski definition) is 1. The van der Waals surface area contributed by atoms with Gasteiger partial charge in [-0.1, -0.05) is 150 Å². The lowest BCUT2D eigenvalue weighted by Gasteiger charge is -2.45. The van der Waals surface area contributed by atoms with Crippen LogP contribution in [0.15, 0.2) is 114 Å². The predicted molar refractivity (Wildman–Crippen MR) is 344 cm³/mol. The van der Waals surface area contributed by atoms with Gasteiger partial charge in [0.05, 0.1) is 36.6 Å². The zero-order valence-corrected chi connectivity index (χ0v) is 54.5. The maximum absolute atomic E-state index is 15.2. The van der Waals surface area contributed by atoms with E-state index in [0.717, 1.165) is 57.7 Å². The highest BCUT2D eigenvalue weighted by atomic mass is 32.1. The summed E-state index contributed by atoms with van der Waals surface area (Å²) in [4.78, 5) is 31.7. The summed E-state index contributed by atoms with van der Waals surface area (Å²) in [6, 6.07) is 37.7. The van der Waals surface area contributed by atoms with Crippen LogP contribution < -0.4 is 30.1 Å². The van der Waals surface area contributed by atoms with Gasteiger partial charge in [-0.2, -0.15) is 4.99 Å². The number of aromatic nitrogens is 4. The number of rotatable bonds is 30. The van der Waals surface area contributed by atoms with Crippen molar-refractivity contribution >= 4 is 82.4 Å². The summed E-state index contributed by atoms with van der Waals surface area (Å²) in [6.07, 6.45) is 2.10. The Hall–Kier alpha value is -5.93. The molecule has 4 aromatic carbocycles. The molecule has 0 radical (unpaired) electrons. The monoisotopic (exact) mass is 1200 g/mol. The smallest absolute Gasteiger partial charge is 0.357 e. The molecule has 3 aromatic heterocycles. The lowest BCUT2D eigenvalue weighted by Crippen LogP contribution is -2.68. The fourth-order valence-corrected chi connectivity index (χ4v) is 17.4. The number of hydrogen-bond acceptors (Lipinski definition) is 15. The van der Waals surface area contributed by atoms with Gasteiger partial charge in [-0.3, -0.25) is 9.47 Å². The van der Waals surface area contributed by atoms with Crippen molar-refractivity contribution in [3.8, 4) is 17.6 Å². The van der Waals surface area contributed by atoms with Gasteiger partial charge < -0.3 is 33.8 Å². The maximum Gasteiger partial charge on any atom is 0.357 e. The predicted octanol–water partition coefficient (Wildman–Crippen LogP) is 11.4. The van der Waals surface area contributed by atoms with Crippen LogP contribution >= 0.6 is 22.7 Å². The number of aryl methyl sites for hydroxylation is 2. The molecule has 19 heteroatoms. The number of fused-ring (bicyclic) bond motifs is 1. The van der Waals surface area contributed by atoms with Crippen molar-refractivity contribution in [1.29, 1.82) is 0 Å². The molecule has 1 N–H and O–H groups in total. The van der Waals surface area contributed by atoms with Crippen LogP contribution in [0.2, 0.25) is 30.7 Å². The molecular weight excluding hydrogens is 1110 g/mol. The highest BCUT2D eigenvalue weighted by Crippen LogP contribution is 2.39. The van der Waals surface area contributed by atoms with Crippen LogP contribution in [0, 0.1) is 24.6 Å². The SMILES string of the molecule is CCN(CC)CCNCC(CCCN(c1cc(C)c(/N=c2\sc3ccccc3n2COCC[Si](C)(C)C)nn1)c1nc(C(=O)OC)c(CCCOc2ccc(C#CCN(C)C)cc2F)s1)O[Si](c1ccccc1)(c1ccccc1)C(C)(C)C. The number of nitrogens with one attached hydrogen (secondary N) is 1. The van der Waals surface area contributed by atoms with Crippen molar-refractivity contribution in [2.45, 2.75) is 111 Å². The molecule has 444 valence electrons. The highest BCUT2D eigenvalue weighted by molar-refractivity contribution is 7.16. The number of likely N-dealkylation sites (N-methyl/N-ethyl adjacent to an activating group) is 1. The fraction of sp³-hybridized carbons (Fsp3) is 0.453. The van der Waals surface area contributed by atoms with E-state index in [1.807, 2.05) is 44.1 Å². The number of nitrogens with zero attached hydrogens (tertiary/aromatic N) is 8. The largest absolute Gasteiger partial charge is 0.491 e. The van der Waals surface area contributed by atoms with E-state index < -0.39 is 28.2 Å². The first kappa shape index (κ1) is 64.6. The minimum absolute atomic E-state index is 0.140. The van der Waals surface area contributed by atoms with Crippen LogP contribution in [0.3, 0.4) is 0 Å². The van der Waals surface area contributed by atoms with E-state index in [9.17, 15) is 4.79 Å². The molecule has 1 unspecified atom stereocenters. The van der Waals surface area contributed by atoms with Crippen molar-refractivity contribution in [1.82, 2.24) is 34.9 Å². The Balaban J connectivity index is 1.23. The Kier molecular flexibility index (Phi) is 23.9. The number of para-hydroxylation sites is 1. The second kappa shape index (κ2) is 30.8. The van der Waals surface area contributed by atoms with Gasteiger partial charge in [0.1, 0.15) is 6.73 Å². The van der Waals surface area contributed by atoms with Gasteiger partial charge in [0.2, 0.25) is 0 Å². The molecule has 14 nitrogen and oxygen atoms in total. The molecule has 3 heterocycles. The normalized spacial score (nSPS) is 12.7. The second-order valence-corrected chi connectivity index (χ2v) is 35.2. The van der Waals surface area contributed by atoms with Gasteiger partial charge in [0.15, 0.2) is 38.8 Å². The molecule has 83 heavy (non-hydrogen) atoms. The van der Waals surface area contributed by atoms with Crippen molar-refractivity contribution in [2.75, 3.05) is 85.1 Å². The minimum atomic E-state index is -2.97. The van der Waals surface area contributed by atoms with Crippen LogP contribution in [0.1, 0.15) is 80.4 Å². The Morgan fingerprint density at radius 1 is 0.880 bits per heavy atom. The van der Waals surface area contributed by atoms with E-state index in [0.29, 0.717) is 81.0 Å². The summed E-state index contributed by atoms with van der Waals surface area (Å²) >= 11 is 2.99. The first-order chi connectivity index (χ1) is 39.8. The molecule has 0 amide bonds. The molecule has 0 aliphatic heterocycles. The van der Waals surface area contributed by atoms with Gasteiger partial charge in [-0.05, 0) is 123 Å². The minimum Gasteiger partial charge on any atom is -0.491 e. The van der Waals surface area contributed by atoms with Gasteiger partial charge in [-0.15, -0.1) is 21.5 Å². The average Bonchev–Trinajstić information content (AvgIpc) is 2.69. The summed E-state index contributed by atoms with van der Waals surface area (Å²) in [5.74, 6) is 6.21. The van der Waals surface area contributed by atoms with E-state index in [1.54, 1.807) is 23.5 Å². The maximum atomic E-state index is 15.2. The molecule has 1 atom stereocenters. The number of carbonyl (C=O) groups excluding carboxylic acids is 1. The zero-order valence-electron chi connectivity index (χ0n) is 50.9. The Morgan fingerprint density at radius 2 is 1.58 bits per heavy atom. The lowest BCUT2D eigenvalue weighted by molar-refractivity contribution is 0.0593. The number of esters is 1. The number of methoxy groups -OCH3 is 1. The molecule has 0 saturated heterocycles. The van der Waals surface area contributed by atoms with E-state index in [1.165, 1.54) is 34.9 Å². The quantitative estimate of drug-likeness (QED) is 0.0199. The first-order valence-corrected chi connectivity index (χ1v) is 36.3. The van der Waals surface area contributed by atoms with E-state index >= 15 is 4.39 Å². The van der Waals surface area contributed by atoms with Crippen molar-refractivity contribution < 1.29 is 27.8 Å². The van der Waals surface area contributed by atoms with Crippen LogP contribution in [0.5, 0.6) is 5.75 Å². The first-order valence-electron chi connectivity index (χ1n) is 29.0. The van der Waals surface area contributed by atoms with Crippen LogP contribution in [0.4, 0.5) is 21.2 Å². The molecule has 0 aliphatic carbocycles. The third kappa shape index (κ3) is 17.8. The van der Waals surface area contributed by atoms with E-state index in [2.05, 4.69) is 159 Å². The molecule has 7 rings (SSSR count). The average molecular weight is 1200 g/mol. The lowest BCUT2D eigenvalue weighted by atomic mass is 10.2. The van der Waals surface area contributed by atoms with Gasteiger partial charge in [0, 0.05) is 51.3 Å². The summed E-state index contributed by atoms with van der Waals surface area (Å²) in [6.45, 7) is 27.1. The summed E-state index contributed by atoms with van der Waals surface area (Å²) < 4.78 is 43.9. The number of thiazole rings is 2. The topological polar surface area (TPSA) is 132 Å². The van der Waals surface area contributed by atoms with Crippen molar-refractivity contribution in [3.05, 3.63) is 142 Å². The standard InChI is InChI=1S/C64H86FN9O5S2Si2/c1-13-72(14-2)40-37-66-46-50(79-83(64(4,5)6,51-28-17-15-18-29-51)52-30-19-16-20-31-52)27-24-39-73(58-44-48(3)60(70-69-58)68-63-74(47-77-42-43-82(10,11)12)54-32-21-22-33-56(54)80-63)62-67-59(61(75)76-9)57(81-62)34-25-41-78-55-36-35-49(45-53(55)65)26-23-38-71(7)8/h15-22,28-33,35-36,44-45,50,66H,13-14,24-25,27,34,37-43,46-47H2,1-12H3/b68-63-. The molecule has 0 bridgehead atoms. The Morgan fingerprint density at radius 3 is 2.22 bits per heavy atom. The Bertz CT molecular complexity index is 3270. The van der Waals surface area contributed by atoms with E-state index in [-0.39, 0.29) is 29.2 Å². The van der Waals surface area contributed by atoms with Crippen molar-refractivity contribution in [2.24, 2.45) is 4.99 Å². The number of carbonyl (C=O) groups is 1. The van der Waals surface area contributed by atoms with Crippen LogP contribution in [-0.2, 0) is 27.1 Å². The van der Waals surface area contributed by atoms with E-state index in [4.69, 9.17) is 38.8 Å².